The second kappa shape index (κ2) is 4.29. The average Bonchev–Trinajstić information content (AvgIpc) is 2.45. The Labute approximate surface area is 82.9 Å². The van der Waals surface area contributed by atoms with Gasteiger partial charge in [-0.25, -0.2) is 4.79 Å². The van der Waals surface area contributed by atoms with E-state index >= 15 is 0 Å². The summed E-state index contributed by atoms with van der Waals surface area (Å²) in [6.45, 7) is 2.28. The number of likely N-dealkylation sites (tertiary alicyclic amines) is 1. The molecule has 5 heteroatoms. The lowest BCUT2D eigenvalue weighted by molar-refractivity contribution is 0.0811. The molecule has 1 N–H and O–H groups in total. The van der Waals surface area contributed by atoms with Gasteiger partial charge in [0, 0.05) is 13.0 Å². The molecule has 1 aliphatic rings. The van der Waals surface area contributed by atoms with Crippen LogP contribution in [0.3, 0.4) is 0 Å². The normalized spacial score (nSPS) is 31.5. The number of carboxylic acid groups (broad SMARTS) is 1. The minimum Gasteiger partial charge on any atom is -0.465 e. The molecule has 14 heavy (non-hydrogen) atoms. The summed E-state index contributed by atoms with van der Waals surface area (Å²) in [6.07, 6.45) is -0.839. The van der Waals surface area contributed by atoms with Gasteiger partial charge in [0.15, 0.2) is 0 Å². The zero-order chi connectivity index (χ0) is 10.7. The maximum atomic E-state index is 10.9. The summed E-state index contributed by atoms with van der Waals surface area (Å²) in [7, 11) is 1.57. The lowest BCUT2D eigenvalue weighted by Gasteiger charge is -2.21. The molecule has 0 bridgehead atoms. The van der Waals surface area contributed by atoms with Gasteiger partial charge in [-0.1, -0.05) is 6.92 Å². The Kier molecular flexibility index (Phi) is 3.31. The van der Waals surface area contributed by atoms with Crippen LogP contribution >= 0.6 is 0 Å². The van der Waals surface area contributed by atoms with Crippen LogP contribution in [0.1, 0.15) is 13.3 Å². The van der Waals surface area contributed by atoms with E-state index < -0.39 is 6.09 Å². The van der Waals surface area contributed by atoms with Gasteiger partial charge >= 0.3 is 6.09 Å². The van der Waals surface area contributed by atoms with Crippen molar-refractivity contribution in [3.8, 4) is 6.07 Å². The number of nitrogens with zero attached hydrogens (tertiary/aromatic N) is 2. The van der Waals surface area contributed by atoms with E-state index in [-0.39, 0.29) is 24.5 Å². The molecular weight excluding hydrogens is 184 g/mol. The Morgan fingerprint density at radius 1 is 1.79 bits per heavy atom. The maximum absolute atomic E-state index is 10.9. The predicted molar refractivity (Wildman–Crippen MR) is 48.7 cm³/mol. The van der Waals surface area contributed by atoms with Crippen LogP contribution < -0.4 is 0 Å². The second-order valence-electron chi connectivity index (χ2n) is 3.50. The van der Waals surface area contributed by atoms with Crippen LogP contribution in [0.15, 0.2) is 0 Å². The number of carbonyl (C=O) groups is 1. The van der Waals surface area contributed by atoms with Crippen LogP contribution in [-0.2, 0) is 4.74 Å². The first kappa shape index (κ1) is 10.8. The van der Waals surface area contributed by atoms with Gasteiger partial charge in [-0.15, -0.1) is 0 Å². The summed E-state index contributed by atoms with van der Waals surface area (Å²) in [5.41, 5.74) is 0. The number of nitriles is 1. The van der Waals surface area contributed by atoms with Gasteiger partial charge in [-0.2, -0.15) is 5.26 Å². The number of hydrogen-bond donors (Lipinski definition) is 1. The summed E-state index contributed by atoms with van der Waals surface area (Å²) in [4.78, 5) is 12.1. The fourth-order valence-corrected chi connectivity index (χ4v) is 1.93. The van der Waals surface area contributed by atoms with E-state index in [1.165, 1.54) is 4.90 Å². The van der Waals surface area contributed by atoms with Crippen LogP contribution in [0.2, 0.25) is 0 Å². The lowest BCUT2D eigenvalue weighted by Crippen LogP contribution is -2.36. The van der Waals surface area contributed by atoms with Crippen molar-refractivity contribution in [1.82, 2.24) is 4.90 Å². The topological polar surface area (TPSA) is 73.6 Å². The zero-order valence-corrected chi connectivity index (χ0v) is 8.30. The number of ether oxygens (including phenoxy) is 1. The highest BCUT2D eigenvalue weighted by Crippen LogP contribution is 2.28. The summed E-state index contributed by atoms with van der Waals surface area (Å²) in [6, 6.07) is 1.78. The summed E-state index contributed by atoms with van der Waals surface area (Å²) in [5, 5.41) is 17.5. The molecule has 0 aromatic rings. The molecule has 0 spiro atoms. The first-order valence-electron chi connectivity index (χ1n) is 4.51. The van der Waals surface area contributed by atoms with Gasteiger partial charge in [0.05, 0.1) is 31.2 Å². The van der Waals surface area contributed by atoms with Gasteiger partial charge in [-0.3, -0.25) is 0 Å². The van der Waals surface area contributed by atoms with Crippen molar-refractivity contribution >= 4 is 6.09 Å². The molecule has 1 saturated heterocycles. The SMILES string of the molecule is COC1CN(C(=O)O)C(CC#N)C1C. The van der Waals surface area contributed by atoms with Crippen molar-refractivity contribution in [2.75, 3.05) is 13.7 Å². The van der Waals surface area contributed by atoms with Gasteiger partial charge in [0.1, 0.15) is 0 Å². The number of methoxy groups -OCH3 is 1. The predicted octanol–water partition coefficient (Wildman–Crippen LogP) is 0.913. The molecule has 78 valence electrons. The van der Waals surface area contributed by atoms with Crippen molar-refractivity contribution in [3.63, 3.8) is 0 Å². The Hall–Kier alpha value is -1.28. The third-order valence-electron chi connectivity index (χ3n) is 2.82. The first-order chi connectivity index (χ1) is 6.61. The van der Waals surface area contributed by atoms with E-state index in [1.807, 2.05) is 13.0 Å². The smallest absolute Gasteiger partial charge is 0.407 e. The summed E-state index contributed by atoms with van der Waals surface area (Å²) < 4.78 is 5.17. The van der Waals surface area contributed by atoms with Gasteiger partial charge < -0.3 is 14.7 Å². The molecule has 0 aliphatic carbocycles. The van der Waals surface area contributed by atoms with Crippen LogP contribution in [0.5, 0.6) is 0 Å². The molecule has 1 heterocycles. The van der Waals surface area contributed by atoms with E-state index in [1.54, 1.807) is 7.11 Å². The minimum atomic E-state index is -0.975. The fraction of sp³-hybridized carbons (Fsp3) is 0.778. The van der Waals surface area contributed by atoms with Crippen molar-refractivity contribution in [3.05, 3.63) is 0 Å². The van der Waals surface area contributed by atoms with Crippen molar-refractivity contribution in [1.29, 1.82) is 5.26 Å². The largest absolute Gasteiger partial charge is 0.465 e. The highest BCUT2D eigenvalue weighted by atomic mass is 16.5. The van der Waals surface area contributed by atoms with Crippen molar-refractivity contribution < 1.29 is 14.6 Å². The standard InChI is InChI=1S/C9H14N2O3/c1-6-7(3-4-10)11(9(12)13)5-8(6)14-2/h6-8H,3,5H2,1-2H3,(H,12,13). The second-order valence-corrected chi connectivity index (χ2v) is 3.50. The third kappa shape index (κ3) is 1.80. The molecule has 0 radical (unpaired) electrons. The molecular formula is C9H14N2O3. The highest BCUT2D eigenvalue weighted by molar-refractivity contribution is 5.66. The van der Waals surface area contributed by atoms with E-state index in [4.69, 9.17) is 15.1 Å². The average molecular weight is 198 g/mol. The maximum Gasteiger partial charge on any atom is 0.407 e. The molecule has 0 saturated carbocycles. The Morgan fingerprint density at radius 3 is 2.86 bits per heavy atom. The highest BCUT2D eigenvalue weighted by Gasteiger charge is 2.41. The van der Waals surface area contributed by atoms with E-state index in [0.717, 1.165) is 0 Å². The van der Waals surface area contributed by atoms with Crippen LogP contribution in [0.4, 0.5) is 4.79 Å². The third-order valence-corrected chi connectivity index (χ3v) is 2.82. The lowest BCUT2D eigenvalue weighted by atomic mass is 9.98. The van der Waals surface area contributed by atoms with Crippen molar-refractivity contribution in [2.24, 2.45) is 5.92 Å². The van der Waals surface area contributed by atoms with Gasteiger partial charge in [0.2, 0.25) is 0 Å². The summed E-state index contributed by atoms with van der Waals surface area (Å²) in [5.74, 6) is 0.0794. The Balaban J connectivity index is 2.77. The summed E-state index contributed by atoms with van der Waals surface area (Å²) >= 11 is 0. The Bertz CT molecular complexity index is 261. The van der Waals surface area contributed by atoms with Crippen LogP contribution in [0, 0.1) is 17.2 Å². The fourth-order valence-electron chi connectivity index (χ4n) is 1.93. The monoisotopic (exact) mass is 198 g/mol. The molecule has 1 amide bonds. The van der Waals surface area contributed by atoms with Crippen molar-refractivity contribution in [2.45, 2.75) is 25.5 Å². The first-order valence-corrected chi connectivity index (χ1v) is 4.51. The number of amides is 1. The molecule has 5 nitrogen and oxygen atoms in total. The molecule has 1 aliphatic heterocycles. The molecule has 1 fully saturated rings. The number of hydrogen-bond acceptors (Lipinski definition) is 3. The minimum absolute atomic E-state index is 0.0794. The Morgan fingerprint density at radius 2 is 2.43 bits per heavy atom. The molecule has 1 rings (SSSR count). The van der Waals surface area contributed by atoms with Gasteiger partial charge in [-0.05, 0) is 0 Å². The van der Waals surface area contributed by atoms with Gasteiger partial charge in [0.25, 0.3) is 0 Å². The molecule has 3 atom stereocenters. The van der Waals surface area contributed by atoms with Crippen LogP contribution in [-0.4, -0.2) is 41.9 Å². The zero-order valence-electron chi connectivity index (χ0n) is 8.30. The van der Waals surface area contributed by atoms with Crippen LogP contribution in [0.25, 0.3) is 0 Å². The molecule has 0 aromatic heterocycles. The molecule has 3 unspecified atom stereocenters. The van der Waals surface area contributed by atoms with E-state index in [9.17, 15) is 4.79 Å². The molecule has 0 aromatic carbocycles. The van der Waals surface area contributed by atoms with E-state index in [2.05, 4.69) is 0 Å². The van der Waals surface area contributed by atoms with E-state index in [0.29, 0.717) is 6.54 Å². The number of rotatable bonds is 2. The quantitative estimate of drug-likeness (QED) is 0.715.